The Morgan fingerprint density at radius 3 is 2.63 bits per heavy atom. The number of phenolic OH excluding ortho intramolecular Hbond substituents is 1. The highest BCUT2D eigenvalue weighted by Crippen LogP contribution is 2.32. The SMILES string of the molecule is Cc1cc(=O)oc2c(NC(=O)C(=O)NCc3ccccc3F)c(O)ccc12. The van der Waals surface area contributed by atoms with Gasteiger partial charge in [-0.1, -0.05) is 18.2 Å². The lowest BCUT2D eigenvalue weighted by Gasteiger charge is -2.11. The molecule has 1 aromatic heterocycles. The second kappa shape index (κ2) is 7.28. The molecule has 0 aliphatic carbocycles. The van der Waals surface area contributed by atoms with Gasteiger partial charge in [-0.2, -0.15) is 0 Å². The molecule has 0 aliphatic heterocycles. The van der Waals surface area contributed by atoms with Crippen LogP contribution in [0.15, 0.2) is 51.7 Å². The van der Waals surface area contributed by atoms with Gasteiger partial charge in [-0.25, -0.2) is 9.18 Å². The summed E-state index contributed by atoms with van der Waals surface area (Å²) in [5.74, 6) is -3.02. The van der Waals surface area contributed by atoms with Crippen LogP contribution in [0, 0.1) is 12.7 Å². The monoisotopic (exact) mass is 370 g/mol. The van der Waals surface area contributed by atoms with Crippen LogP contribution in [0.3, 0.4) is 0 Å². The van der Waals surface area contributed by atoms with Gasteiger partial charge >= 0.3 is 17.4 Å². The highest BCUT2D eigenvalue weighted by Gasteiger charge is 2.19. The highest BCUT2D eigenvalue weighted by molar-refractivity contribution is 6.40. The van der Waals surface area contributed by atoms with Gasteiger partial charge in [0.05, 0.1) is 0 Å². The fraction of sp³-hybridized carbons (Fsp3) is 0.105. The van der Waals surface area contributed by atoms with Crippen molar-refractivity contribution in [1.82, 2.24) is 5.32 Å². The van der Waals surface area contributed by atoms with Crippen molar-refractivity contribution in [2.75, 3.05) is 5.32 Å². The van der Waals surface area contributed by atoms with Crippen molar-refractivity contribution in [3.63, 3.8) is 0 Å². The van der Waals surface area contributed by atoms with Crippen LogP contribution in [0.1, 0.15) is 11.1 Å². The minimum atomic E-state index is -1.10. The zero-order chi connectivity index (χ0) is 19.6. The lowest BCUT2D eigenvalue weighted by Crippen LogP contribution is -2.35. The quantitative estimate of drug-likeness (QED) is 0.372. The van der Waals surface area contributed by atoms with E-state index in [0.29, 0.717) is 10.9 Å². The van der Waals surface area contributed by atoms with Crippen LogP contribution >= 0.6 is 0 Å². The molecule has 0 radical (unpaired) electrons. The first-order chi connectivity index (χ1) is 12.9. The smallest absolute Gasteiger partial charge is 0.336 e. The standard InChI is InChI=1S/C19H15FN2O5/c1-10-8-15(24)27-17-12(10)6-7-14(23)16(17)22-19(26)18(25)21-9-11-4-2-3-5-13(11)20/h2-8,23H,9H2,1H3,(H,21,25)(H,22,26). The number of carbonyl (C=O) groups is 2. The van der Waals surface area contributed by atoms with E-state index in [1.807, 2.05) is 0 Å². The average Bonchev–Trinajstić information content (AvgIpc) is 2.63. The van der Waals surface area contributed by atoms with Gasteiger partial charge in [0.15, 0.2) is 5.58 Å². The fourth-order valence-corrected chi connectivity index (χ4v) is 2.56. The number of halogens is 1. The maximum atomic E-state index is 13.6. The molecule has 7 nitrogen and oxygen atoms in total. The number of benzene rings is 2. The van der Waals surface area contributed by atoms with Gasteiger partial charge in [0, 0.05) is 23.6 Å². The molecular weight excluding hydrogens is 355 g/mol. The van der Waals surface area contributed by atoms with E-state index in [2.05, 4.69) is 10.6 Å². The number of fused-ring (bicyclic) bond motifs is 1. The highest BCUT2D eigenvalue weighted by atomic mass is 19.1. The Morgan fingerprint density at radius 2 is 1.89 bits per heavy atom. The summed E-state index contributed by atoms with van der Waals surface area (Å²) in [6.45, 7) is 1.48. The molecule has 138 valence electrons. The second-order valence-electron chi connectivity index (χ2n) is 5.81. The van der Waals surface area contributed by atoms with Crippen LogP contribution < -0.4 is 16.3 Å². The minimum Gasteiger partial charge on any atom is -0.506 e. The number of nitrogens with one attached hydrogen (secondary N) is 2. The Morgan fingerprint density at radius 1 is 1.15 bits per heavy atom. The van der Waals surface area contributed by atoms with E-state index in [9.17, 15) is 23.9 Å². The van der Waals surface area contributed by atoms with Crippen LogP contribution in [0.2, 0.25) is 0 Å². The Balaban J connectivity index is 1.81. The molecule has 27 heavy (non-hydrogen) atoms. The van der Waals surface area contributed by atoms with Gasteiger partial charge in [-0.15, -0.1) is 0 Å². The fourth-order valence-electron chi connectivity index (χ4n) is 2.56. The summed E-state index contributed by atoms with van der Waals surface area (Å²) in [7, 11) is 0. The van der Waals surface area contributed by atoms with Crippen molar-refractivity contribution in [1.29, 1.82) is 0 Å². The molecule has 3 aromatic rings. The first-order valence-electron chi connectivity index (χ1n) is 7.96. The third kappa shape index (κ3) is 3.79. The number of hydrogen-bond donors (Lipinski definition) is 3. The third-order valence-corrected chi connectivity index (χ3v) is 3.94. The van der Waals surface area contributed by atoms with E-state index in [-0.39, 0.29) is 29.1 Å². The number of aryl methyl sites for hydroxylation is 1. The zero-order valence-electron chi connectivity index (χ0n) is 14.2. The predicted molar refractivity (Wildman–Crippen MR) is 95.8 cm³/mol. The Labute approximate surface area is 152 Å². The van der Waals surface area contributed by atoms with Crippen LogP contribution in [-0.4, -0.2) is 16.9 Å². The van der Waals surface area contributed by atoms with Crippen LogP contribution in [-0.2, 0) is 16.1 Å². The first kappa shape index (κ1) is 18.1. The third-order valence-electron chi connectivity index (χ3n) is 3.94. The molecule has 0 unspecified atom stereocenters. The number of carbonyl (C=O) groups excluding carboxylic acids is 2. The molecule has 0 aliphatic rings. The average molecular weight is 370 g/mol. The summed E-state index contributed by atoms with van der Waals surface area (Å²) in [5, 5.41) is 15.0. The molecule has 8 heteroatoms. The molecule has 0 spiro atoms. The van der Waals surface area contributed by atoms with Crippen LogP contribution in [0.25, 0.3) is 11.0 Å². The number of anilines is 1. The Bertz CT molecular complexity index is 1110. The van der Waals surface area contributed by atoms with Gasteiger partial charge in [0.25, 0.3) is 0 Å². The van der Waals surface area contributed by atoms with Gasteiger partial charge in [0.1, 0.15) is 17.3 Å². The van der Waals surface area contributed by atoms with Crippen LogP contribution in [0.5, 0.6) is 5.75 Å². The van der Waals surface area contributed by atoms with E-state index in [0.717, 1.165) is 0 Å². The molecular formula is C19H15FN2O5. The Kier molecular flexibility index (Phi) is 4.89. The van der Waals surface area contributed by atoms with E-state index in [1.165, 1.54) is 36.4 Å². The molecule has 1 heterocycles. The summed E-state index contributed by atoms with van der Waals surface area (Å²) in [6, 6.07) is 9.92. The van der Waals surface area contributed by atoms with Crippen molar-refractivity contribution in [3.05, 3.63) is 69.8 Å². The number of rotatable bonds is 3. The normalized spacial score (nSPS) is 10.6. The number of hydrogen-bond acceptors (Lipinski definition) is 5. The van der Waals surface area contributed by atoms with Crippen molar-refractivity contribution in [2.24, 2.45) is 0 Å². The maximum absolute atomic E-state index is 13.6. The number of amides is 2. The summed E-state index contributed by atoms with van der Waals surface area (Å²) >= 11 is 0. The largest absolute Gasteiger partial charge is 0.506 e. The number of aromatic hydroxyl groups is 1. The molecule has 0 atom stereocenters. The summed E-state index contributed by atoms with van der Waals surface area (Å²) in [6.07, 6.45) is 0. The predicted octanol–water partition coefficient (Wildman–Crippen LogP) is 2.20. The first-order valence-corrected chi connectivity index (χ1v) is 7.96. The Hall–Kier alpha value is -3.68. The van der Waals surface area contributed by atoms with Gasteiger partial charge < -0.3 is 20.2 Å². The maximum Gasteiger partial charge on any atom is 0.336 e. The molecule has 3 rings (SSSR count). The topological polar surface area (TPSA) is 109 Å². The van der Waals surface area contributed by atoms with E-state index >= 15 is 0 Å². The van der Waals surface area contributed by atoms with E-state index in [1.54, 1.807) is 13.0 Å². The van der Waals surface area contributed by atoms with Crippen molar-refractivity contribution >= 4 is 28.5 Å². The molecule has 0 saturated heterocycles. The lowest BCUT2D eigenvalue weighted by molar-refractivity contribution is -0.136. The van der Waals surface area contributed by atoms with Crippen molar-refractivity contribution in [2.45, 2.75) is 13.5 Å². The van der Waals surface area contributed by atoms with Crippen LogP contribution in [0.4, 0.5) is 10.1 Å². The number of phenols is 1. The molecule has 0 saturated carbocycles. The molecule has 0 fully saturated rings. The van der Waals surface area contributed by atoms with Gasteiger partial charge in [-0.3, -0.25) is 9.59 Å². The molecule has 0 bridgehead atoms. The molecule has 3 N–H and O–H groups in total. The van der Waals surface area contributed by atoms with E-state index in [4.69, 9.17) is 4.42 Å². The van der Waals surface area contributed by atoms with E-state index < -0.39 is 23.3 Å². The summed E-state index contributed by atoms with van der Waals surface area (Å²) in [5.41, 5.74) is -0.103. The minimum absolute atomic E-state index is 0.0461. The summed E-state index contributed by atoms with van der Waals surface area (Å²) in [4.78, 5) is 35.7. The van der Waals surface area contributed by atoms with Crippen molar-refractivity contribution in [3.8, 4) is 5.75 Å². The molecule has 2 aromatic carbocycles. The van der Waals surface area contributed by atoms with Gasteiger partial charge in [0.2, 0.25) is 0 Å². The van der Waals surface area contributed by atoms with Gasteiger partial charge in [-0.05, 0) is 30.7 Å². The molecule has 2 amide bonds. The second-order valence-corrected chi connectivity index (χ2v) is 5.81. The summed E-state index contributed by atoms with van der Waals surface area (Å²) < 4.78 is 18.6. The zero-order valence-corrected chi connectivity index (χ0v) is 14.2. The van der Waals surface area contributed by atoms with Crippen molar-refractivity contribution < 1.29 is 23.5 Å². The lowest BCUT2D eigenvalue weighted by atomic mass is 10.1.